The number of pyridine rings is 2. The van der Waals surface area contributed by atoms with Gasteiger partial charge in [0.25, 0.3) is 0 Å². The molecule has 2 aromatic heterocycles. The van der Waals surface area contributed by atoms with Gasteiger partial charge in [-0.05, 0) is 34.6 Å². The Morgan fingerprint density at radius 3 is 1.26 bits per heavy atom. The van der Waals surface area contributed by atoms with E-state index in [1.807, 2.05) is 0 Å². The van der Waals surface area contributed by atoms with Gasteiger partial charge in [-0.3, -0.25) is 0 Å². The predicted octanol–water partition coefficient (Wildman–Crippen LogP) is 8.41. The van der Waals surface area contributed by atoms with Crippen LogP contribution in [0.25, 0.3) is 22.5 Å². The molecule has 0 amide bonds. The maximum Gasteiger partial charge on any atom is 2.00 e. The summed E-state index contributed by atoms with van der Waals surface area (Å²) in [4.78, 5) is 9.23. The molecule has 0 N–H and O–H groups in total. The predicted molar refractivity (Wildman–Crippen MR) is 131 cm³/mol. The van der Waals surface area contributed by atoms with Gasteiger partial charge >= 0.3 is 33.4 Å². The Bertz CT molecular complexity index is 1440. The fourth-order valence-electron chi connectivity index (χ4n) is 4.87. The summed E-state index contributed by atoms with van der Waals surface area (Å²) in [7, 11) is 0. The molecule has 0 radical (unpaired) electrons. The Hall–Kier alpha value is -2.99. The summed E-state index contributed by atoms with van der Waals surface area (Å²) in [6, 6.07) is 20.1. The van der Waals surface area contributed by atoms with E-state index >= 15 is 0 Å². The van der Waals surface area contributed by atoms with Crippen LogP contribution in [0.1, 0.15) is 61.3 Å². The van der Waals surface area contributed by atoms with Crippen LogP contribution in [0.15, 0.2) is 60.7 Å². The monoisotopic (exact) mass is 719 g/mol. The summed E-state index contributed by atoms with van der Waals surface area (Å²) < 4.78 is 84.8. The largest absolute Gasteiger partial charge is 2.00 e. The zero-order valence-electron chi connectivity index (χ0n) is 21.3. The first-order chi connectivity index (χ1) is 17.6. The topological polar surface area (TPSA) is 25.8 Å². The molecular formula is C30H22F6N2Pt. The zero-order chi connectivity index (χ0) is 27.7. The summed E-state index contributed by atoms with van der Waals surface area (Å²) in [6.45, 7) is 6.46. The average Bonchev–Trinajstić information content (AvgIpc) is 2.86. The van der Waals surface area contributed by atoms with Crippen LogP contribution in [0.3, 0.4) is 0 Å². The van der Waals surface area contributed by atoms with Crippen molar-refractivity contribution < 1.29 is 47.4 Å². The molecule has 0 spiro atoms. The molecule has 0 saturated carbocycles. The fraction of sp³-hybridized carbons (Fsp3) is 0.267. The van der Waals surface area contributed by atoms with E-state index in [1.54, 1.807) is 64.1 Å². The molecule has 8 bridgehead atoms. The van der Waals surface area contributed by atoms with Crippen LogP contribution < -0.4 is 0 Å². The second-order valence-electron chi connectivity index (χ2n) is 10.4. The van der Waals surface area contributed by atoms with Crippen molar-refractivity contribution >= 4 is 0 Å². The molecule has 3 heterocycles. The zero-order valence-corrected chi connectivity index (χ0v) is 23.5. The number of rotatable bonds is 0. The van der Waals surface area contributed by atoms with Gasteiger partial charge in [0, 0.05) is 22.2 Å². The Morgan fingerprint density at radius 2 is 0.923 bits per heavy atom. The molecule has 5 rings (SSSR count). The van der Waals surface area contributed by atoms with Crippen molar-refractivity contribution in [2.45, 2.75) is 50.9 Å². The van der Waals surface area contributed by atoms with E-state index in [0.717, 1.165) is 12.1 Å². The normalized spacial score (nSPS) is 15.6. The van der Waals surface area contributed by atoms with Gasteiger partial charge < -0.3 is 9.97 Å². The van der Waals surface area contributed by atoms with Crippen molar-refractivity contribution in [1.82, 2.24) is 9.97 Å². The van der Waals surface area contributed by atoms with Crippen LogP contribution in [-0.2, 0) is 44.2 Å². The fourth-order valence-corrected chi connectivity index (χ4v) is 4.87. The summed E-state index contributed by atoms with van der Waals surface area (Å²) in [5, 5.41) is 0. The molecule has 9 heteroatoms. The van der Waals surface area contributed by atoms with Gasteiger partial charge in [0.1, 0.15) is 0 Å². The van der Waals surface area contributed by atoms with E-state index in [-0.39, 0.29) is 32.2 Å². The second kappa shape index (κ2) is 9.58. The average molecular weight is 720 g/mol. The van der Waals surface area contributed by atoms with Gasteiger partial charge in [-0.15, -0.1) is 58.7 Å². The molecule has 204 valence electrons. The van der Waals surface area contributed by atoms with Crippen LogP contribution in [0, 0.1) is 12.1 Å². The van der Waals surface area contributed by atoms with Gasteiger partial charge in [0.15, 0.2) is 0 Å². The maximum atomic E-state index is 14.1. The van der Waals surface area contributed by atoms with Crippen molar-refractivity contribution in [3.05, 3.63) is 106 Å². The van der Waals surface area contributed by atoms with Crippen LogP contribution in [0.5, 0.6) is 0 Å². The molecule has 1 aliphatic heterocycles. The van der Waals surface area contributed by atoms with Crippen molar-refractivity contribution in [1.29, 1.82) is 0 Å². The summed E-state index contributed by atoms with van der Waals surface area (Å²) in [6.07, 6.45) is -9.28. The van der Waals surface area contributed by atoms with Gasteiger partial charge in [-0.2, -0.15) is 26.3 Å². The number of alkyl halides is 6. The van der Waals surface area contributed by atoms with Crippen molar-refractivity contribution in [2.24, 2.45) is 0 Å². The summed E-state index contributed by atoms with van der Waals surface area (Å²) >= 11 is 0. The van der Waals surface area contributed by atoms with Crippen molar-refractivity contribution in [3.8, 4) is 22.5 Å². The van der Waals surface area contributed by atoms with E-state index in [1.165, 1.54) is 12.1 Å². The van der Waals surface area contributed by atoms with Crippen LogP contribution >= 0.6 is 0 Å². The van der Waals surface area contributed by atoms with Gasteiger partial charge in [-0.25, -0.2) is 0 Å². The first kappa shape index (κ1) is 29.0. The van der Waals surface area contributed by atoms with Gasteiger partial charge in [0.2, 0.25) is 0 Å². The van der Waals surface area contributed by atoms with Crippen LogP contribution in [-0.4, -0.2) is 9.97 Å². The quantitative estimate of drug-likeness (QED) is 0.135. The van der Waals surface area contributed by atoms with Crippen LogP contribution in [0.4, 0.5) is 26.3 Å². The third-order valence-electron chi connectivity index (χ3n) is 7.08. The van der Waals surface area contributed by atoms with Gasteiger partial charge in [0.05, 0.1) is 0 Å². The Kier molecular flexibility index (Phi) is 7.12. The van der Waals surface area contributed by atoms with Crippen molar-refractivity contribution in [3.63, 3.8) is 0 Å². The maximum absolute atomic E-state index is 14.1. The second-order valence-corrected chi connectivity index (χ2v) is 10.4. The van der Waals surface area contributed by atoms with E-state index in [9.17, 15) is 26.3 Å². The number of nitrogens with zero attached hydrogens (tertiary/aromatic N) is 2. The van der Waals surface area contributed by atoms with Crippen molar-refractivity contribution in [2.75, 3.05) is 0 Å². The molecule has 4 aromatic rings. The first-order valence-corrected chi connectivity index (χ1v) is 11.8. The molecule has 2 aromatic carbocycles. The molecular weight excluding hydrogens is 697 g/mol. The third-order valence-corrected chi connectivity index (χ3v) is 7.08. The Morgan fingerprint density at radius 1 is 0.564 bits per heavy atom. The third kappa shape index (κ3) is 5.04. The van der Waals surface area contributed by atoms with E-state index in [2.05, 4.69) is 22.1 Å². The number of fused-ring (bicyclic) bond motifs is 10. The number of benzene rings is 2. The molecule has 0 saturated heterocycles. The SMILES string of the molecule is CC1(C)c2cccc(n2)-c2[c-]c(c(C(F)(F)F)cc2)C(C)(C)c2cccc(n2)-c2[c-]c1c(C(F)(F)F)cc2.[Pt+2]. The van der Waals surface area contributed by atoms with E-state index in [4.69, 9.17) is 0 Å². The molecule has 2 nitrogen and oxygen atoms in total. The number of aromatic nitrogens is 2. The minimum absolute atomic E-state index is 0. The molecule has 0 atom stereocenters. The number of halogens is 6. The summed E-state index contributed by atoms with van der Waals surface area (Å²) in [5.74, 6) is 0. The van der Waals surface area contributed by atoms with Gasteiger partial charge in [-0.1, -0.05) is 52.0 Å². The molecule has 0 fully saturated rings. The van der Waals surface area contributed by atoms with Crippen LogP contribution in [0.2, 0.25) is 0 Å². The minimum atomic E-state index is -4.64. The summed E-state index contributed by atoms with van der Waals surface area (Å²) in [5.41, 5.74) is -2.62. The molecule has 0 unspecified atom stereocenters. The minimum Gasteiger partial charge on any atom is -0.300 e. The molecule has 39 heavy (non-hydrogen) atoms. The Labute approximate surface area is 236 Å². The number of hydrogen-bond donors (Lipinski definition) is 0. The Balaban J connectivity index is 0.00000353. The smallest absolute Gasteiger partial charge is 0.300 e. The molecule has 0 aliphatic carbocycles. The standard InChI is InChI=1S/C30H22F6N2.Pt/c1-27(2)21-15-17(11-13-19(21)29(31,32)33)24-8-6-10-26(38-24)28(3,4)22-16-18(12-14-20(22)30(34,35)36)23-7-5-9-25(27)37-23;/h5-14H,1-4H3;/q-2;+2. The first-order valence-electron chi connectivity index (χ1n) is 11.8. The van der Waals surface area contributed by atoms with E-state index < -0.39 is 34.3 Å². The van der Waals surface area contributed by atoms with E-state index in [0.29, 0.717) is 33.9 Å². The molecule has 1 aliphatic rings. The number of hydrogen-bond acceptors (Lipinski definition) is 2.